The fourth-order valence-corrected chi connectivity index (χ4v) is 2.87. The van der Waals surface area contributed by atoms with Gasteiger partial charge in [0.15, 0.2) is 5.82 Å². The molecule has 1 aliphatic rings. The van der Waals surface area contributed by atoms with Crippen LogP contribution in [0.15, 0.2) is 24.3 Å². The third-order valence-electron chi connectivity index (χ3n) is 4.24. The Kier molecular flexibility index (Phi) is 4.65. The van der Waals surface area contributed by atoms with Crippen molar-refractivity contribution in [3.05, 3.63) is 41.5 Å². The third kappa shape index (κ3) is 3.59. The Labute approximate surface area is 142 Å². The maximum atomic E-state index is 13.0. The summed E-state index contributed by atoms with van der Waals surface area (Å²) in [5, 5.41) is 10.5. The van der Waals surface area contributed by atoms with Gasteiger partial charge in [0.2, 0.25) is 0 Å². The van der Waals surface area contributed by atoms with E-state index in [1.165, 1.54) is 11.7 Å². The SMILES string of the molecule is COc1ccccc1C(=O)NCc1nnc2n1CC(C(F)(F)F)CC2. The van der Waals surface area contributed by atoms with E-state index < -0.39 is 18.0 Å². The molecule has 3 rings (SSSR count). The van der Waals surface area contributed by atoms with Crippen LogP contribution in [-0.2, 0) is 19.5 Å². The number of para-hydroxylation sites is 1. The third-order valence-corrected chi connectivity index (χ3v) is 4.24. The van der Waals surface area contributed by atoms with Crippen LogP contribution < -0.4 is 10.1 Å². The number of rotatable bonds is 4. The first-order chi connectivity index (χ1) is 11.9. The van der Waals surface area contributed by atoms with Gasteiger partial charge in [0.05, 0.1) is 25.1 Å². The van der Waals surface area contributed by atoms with Gasteiger partial charge in [-0.1, -0.05) is 12.1 Å². The second-order valence-corrected chi connectivity index (χ2v) is 5.80. The van der Waals surface area contributed by atoms with Gasteiger partial charge in [0.25, 0.3) is 5.91 Å². The summed E-state index contributed by atoms with van der Waals surface area (Å²) in [6.07, 6.45) is -4.02. The first-order valence-electron chi connectivity index (χ1n) is 7.79. The van der Waals surface area contributed by atoms with E-state index in [0.717, 1.165) is 0 Å². The van der Waals surface area contributed by atoms with Gasteiger partial charge in [0.1, 0.15) is 11.6 Å². The Morgan fingerprint density at radius 2 is 2.12 bits per heavy atom. The van der Waals surface area contributed by atoms with Crippen molar-refractivity contribution in [1.82, 2.24) is 20.1 Å². The van der Waals surface area contributed by atoms with E-state index in [4.69, 9.17) is 4.74 Å². The van der Waals surface area contributed by atoms with Gasteiger partial charge in [-0.05, 0) is 18.6 Å². The maximum absolute atomic E-state index is 13.0. The van der Waals surface area contributed by atoms with Crippen LogP contribution in [0.5, 0.6) is 5.75 Å². The number of carbonyl (C=O) groups is 1. The van der Waals surface area contributed by atoms with Crippen molar-refractivity contribution in [2.24, 2.45) is 5.92 Å². The number of methoxy groups -OCH3 is 1. The molecular weight excluding hydrogens is 337 g/mol. The highest BCUT2D eigenvalue weighted by atomic mass is 19.4. The number of carbonyl (C=O) groups excluding carboxylic acids is 1. The van der Waals surface area contributed by atoms with Crippen LogP contribution >= 0.6 is 0 Å². The van der Waals surface area contributed by atoms with E-state index in [1.807, 2.05) is 0 Å². The molecule has 6 nitrogen and oxygen atoms in total. The molecular formula is C16H17F3N4O2. The lowest BCUT2D eigenvalue weighted by Gasteiger charge is -2.26. The van der Waals surface area contributed by atoms with Gasteiger partial charge >= 0.3 is 6.18 Å². The lowest BCUT2D eigenvalue weighted by atomic mass is 9.99. The molecule has 0 saturated heterocycles. The molecule has 25 heavy (non-hydrogen) atoms. The summed E-state index contributed by atoms with van der Waals surface area (Å²) < 4.78 is 45.4. The summed E-state index contributed by atoms with van der Waals surface area (Å²) in [7, 11) is 1.46. The van der Waals surface area contributed by atoms with Crippen molar-refractivity contribution in [2.75, 3.05) is 7.11 Å². The number of nitrogens with one attached hydrogen (secondary N) is 1. The molecule has 0 saturated carbocycles. The normalized spacial score (nSPS) is 17.0. The van der Waals surface area contributed by atoms with Crippen LogP contribution in [0.3, 0.4) is 0 Å². The zero-order valence-corrected chi connectivity index (χ0v) is 13.5. The van der Waals surface area contributed by atoms with Crippen LogP contribution in [0, 0.1) is 5.92 Å². The Morgan fingerprint density at radius 1 is 1.36 bits per heavy atom. The molecule has 0 bridgehead atoms. The van der Waals surface area contributed by atoms with E-state index in [0.29, 0.717) is 23.0 Å². The predicted molar refractivity (Wildman–Crippen MR) is 82.1 cm³/mol. The number of ether oxygens (including phenoxy) is 1. The van der Waals surface area contributed by atoms with E-state index >= 15 is 0 Å². The lowest BCUT2D eigenvalue weighted by Crippen LogP contribution is -2.34. The fourth-order valence-electron chi connectivity index (χ4n) is 2.87. The number of benzene rings is 1. The monoisotopic (exact) mass is 354 g/mol. The number of amides is 1. The van der Waals surface area contributed by atoms with E-state index in [1.54, 1.807) is 24.3 Å². The number of hydrogen-bond acceptors (Lipinski definition) is 4. The van der Waals surface area contributed by atoms with Gasteiger partial charge < -0.3 is 14.6 Å². The molecule has 1 amide bonds. The molecule has 1 aliphatic heterocycles. The molecule has 1 aromatic heterocycles. The molecule has 2 aromatic rings. The average molecular weight is 354 g/mol. The summed E-state index contributed by atoms with van der Waals surface area (Å²) in [5.41, 5.74) is 0.344. The fraction of sp³-hybridized carbons (Fsp3) is 0.438. The van der Waals surface area contributed by atoms with Gasteiger partial charge in [0, 0.05) is 13.0 Å². The zero-order valence-electron chi connectivity index (χ0n) is 13.5. The topological polar surface area (TPSA) is 69.0 Å². The second kappa shape index (κ2) is 6.73. The van der Waals surface area contributed by atoms with Crippen LogP contribution in [0.4, 0.5) is 13.2 Å². The molecule has 1 unspecified atom stereocenters. The molecule has 0 spiro atoms. The minimum Gasteiger partial charge on any atom is -0.496 e. The van der Waals surface area contributed by atoms with Crippen LogP contribution in [0.1, 0.15) is 28.4 Å². The minimum atomic E-state index is -4.25. The van der Waals surface area contributed by atoms with E-state index in [-0.39, 0.29) is 25.9 Å². The number of alkyl halides is 3. The quantitative estimate of drug-likeness (QED) is 0.915. The average Bonchev–Trinajstić information content (AvgIpc) is 3.01. The molecule has 9 heteroatoms. The highest BCUT2D eigenvalue weighted by Crippen LogP contribution is 2.34. The number of fused-ring (bicyclic) bond motifs is 1. The smallest absolute Gasteiger partial charge is 0.393 e. The van der Waals surface area contributed by atoms with Crippen molar-refractivity contribution in [3.8, 4) is 5.75 Å². The summed E-state index contributed by atoms with van der Waals surface area (Å²) in [5.74, 6) is -0.563. The maximum Gasteiger partial charge on any atom is 0.393 e. The van der Waals surface area contributed by atoms with Gasteiger partial charge in [-0.25, -0.2) is 0 Å². The van der Waals surface area contributed by atoms with Crippen molar-refractivity contribution >= 4 is 5.91 Å². The van der Waals surface area contributed by atoms with E-state index in [2.05, 4.69) is 15.5 Å². The molecule has 134 valence electrons. The first kappa shape index (κ1) is 17.2. The lowest BCUT2D eigenvalue weighted by molar-refractivity contribution is -0.182. The molecule has 1 atom stereocenters. The predicted octanol–water partition coefficient (Wildman–Crippen LogP) is 2.34. The molecule has 2 heterocycles. The summed E-state index contributed by atoms with van der Waals surface area (Å²) in [6.45, 7) is -0.222. The molecule has 0 radical (unpaired) electrons. The molecule has 1 N–H and O–H groups in total. The van der Waals surface area contributed by atoms with Crippen molar-refractivity contribution < 1.29 is 22.7 Å². The van der Waals surface area contributed by atoms with E-state index in [9.17, 15) is 18.0 Å². The Hall–Kier alpha value is -2.58. The molecule has 1 aromatic carbocycles. The number of hydrogen-bond donors (Lipinski definition) is 1. The largest absolute Gasteiger partial charge is 0.496 e. The van der Waals surface area contributed by atoms with Crippen molar-refractivity contribution in [3.63, 3.8) is 0 Å². The highest BCUT2D eigenvalue weighted by molar-refractivity contribution is 5.96. The molecule has 0 aliphatic carbocycles. The Balaban J connectivity index is 1.71. The summed E-state index contributed by atoms with van der Waals surface area (Å²) in [6, 6.07) is 6.70. The van der Waals surface area contributed by atoms with Gasteiger partial charge in [-0.3, -0.25) is 4.79 Å². The first-order valence-corrected chi connectivity index (χ1v) is 7.79. The minimum absolute atomic E-state index is 0.00550. The Bertz CT molecular complexity index is 773. The van der Waals surface area contributed by atoms with Crippen molar-refractivity contribution in [2.45, 2.75) is 32.1 Å². The summed E-state index contributed by atoms with van der Waals surface area (Å²) >= 11 is 0. The number of nitrogens with zero attached hydrogens (tertiary/aromatic N) is 3. The number of aryl methyl sites for hydroxylation is 1. The zero-order chi connectivity index (χ0) is 18.0. The molecule has 0 fully saturated rings. The van der Waals surface area contributed by atoms with Gasteiger partial charge in [-0.15, -0.1) is 10.2 Å². The second-order valence-electron chi connectivity index (χ2n) is 5.80. The van der Waals surface area contributed by atoms with Gasteiger partial charge in [-0.2, -0.15) is 13.2 Å². The van der Waals surface area contributed by atoms with Crippen LogP contribution in [0.25, 0.3) is 0 Å². The Morgan fingerprint density at radius 3 is 2.84 bits per heavy atom. The highest BCUT2D eigenvalue weighted by Gasteiger charge is 2.42. The number of halogens is 3. The summed E-state index contributed by atoms with van der Waals surface area (Å²) in [4.78, 5) is 12.3. The standard InChI is InChI=1S/C16H17F3N4O2/c1-25-12-5-3-2-4-11(12)15(24)20-8-14-22-21-13-7-6-10(9-23(13)14)16(17,18)19/h2-5,10H,6-9H2,1H3,(H,20,24). The number of aromatic nitrogens is 3. The van der Waals surface area contributed by atoms with Crippen LogP contribution in [0.2, 0.25) is 0 Å². The van der Waals surface area contributed by atoms with Crippen molar-refractivity contribution in [1.29, 1.82) is 0 Å². The van der Waals surface area contributed by atoms with Crippen LogP contribution in [-0.4, -0.2) is 34.0 Å².